The van der Waals surface area contributed by atoms with Gasteiger partial charge in [-0.3, -0.25) is 14.4 Å². The van der Waals surface area contributed by atoms with E-state index in [2.05, 4.69) is 10.6 Å². The first-order chi connectivity index (χ1) is 15.6. The third kappa shape index (κ3) is 4.23. The zero-order valence-electron chi connectivity index (χ0n) is 17.7. The van der Waals surface area contributed by atoms with Crippen molar-refractivity contribution in [1.29, 1.82) is 0 Å². The monoisotopic (exact) mass is 431 g/mol. The average Bonchev–Trinajstić information content (AvgIpc) is 3.53. The molecule has 0 atom stereocenters. The summed E-state index contributed by atoms with van der Waals surface area (Å²) in [5.74, 6) is 0.0178. The number of rotatable bonds is 5. The van der Waals surface area contributed by atoms with Gasteiger partial charge in [0.05, 0.1) is 17.5 Å². The molecule has 1 saturated carbocycles. The maximum absolute atomic E-state index is 13.2. The van der Waals surface area contributed by atoms with Crippen molar-refractivity contribution in [3.8, 4) is 0 Å². The quantitative estimate of drug-likeness (QED) is 0.643. The summed E-state index contributed by atoms with van der Waals surface area (Å²) in [6.45, 7) is 1.10. The molecule has 2 aromatic carbocycles. The second kappa shape index (κ2) is 8.49. The molecule has 2 fully saturated rings. The number of likely N-dealkylation sites (tertiary alicyclic amines) is 1. The van der Waals surface area contributed by atoms with Crippen molar-refractivity contribution in [2.45, 2.75) is 31.7 Å². The maximum Gasteiger partial charge on any atom is 0.289 e. The van der Waals surface area contributed by atoms with Crippen LogP contribution in [0.15, 0.2) is 59.2 Å². The Kier molecular flexibility index (Phi) is 5.39. The summed E-state index contributed by atoms with van der Waals surface area (Å²) in [5.41, 5.74) is 1.01. The van der Waals surface area contributed by atoms with Crippen LogP contribution in [-0.2, 0) is 4.79 Å². The maximum atomic E-state index is 13.2. The van der Waals surface area contributed by atoms with Crippen LogP contribution in [0.1, 0.15) is 46.6 Å². The van der Waals surface area contributed by atoms with Crippen LogP contribution in [0.25, 0.3) is 10.8 Å². The number of amides is 3. The largest absolute Gasteiger partial charge is 0.459 e. The minimum absolute atomic E-state index is 0.0286. The Balaban J connectivity index is 1.29. The smallest absolute Gasteiger partial charge is 0.289 e. The van der Waals surface area contributed by atoms with Gasteiger partial charge in [-0.1, -0.05) is 24.3 Å². The highest BCUT2D eigenvalue weighted by Gasteiger charge is 2.31. The zero-order chi connectivity index (χ0) is 22.1. The fraction of sp³-hybridized carbons (Fsp3) is 0.320. The number of nitrogens with zero attached hydrogens (tertiary/aromatic N) is 1. The van der Waals surface area contributed by atoms with Crippen LogP contribution in [-0.4, -0.2) is 41.8 Å². The molecule has 5 rings (SSSR count). The van der Waals surface area contributed by atoms with Gasteiger partial charge < -0.3 is 20.0 Å². The van der Waals surface area contributed by atoms with Crippen LogP contribution < -0.4 is 10.6 Å². The van der Waals surface area contributed by atoms with E-state index in [1.807, 2.05) is 36.4 Å². The molecule has 0 bridgehead atoms. The summed E-state index contributed by atoms with van der Waals surface area (Å²) in [6, 6.07) is 14.8. The normalized spacial score (nSPS) is 16.7. The molecule has 1 aliphatic heterocycles. The van der Waals surface area contributed by atoms with Gasteiger partial charge >= 0.3 is 0 Å². The number of fused-ring (bicyclic) bond motifs is 1. The highest BCUT2D eigenvalue weighted by Crippen LogP contribution is 2.32. The molecule has 0 unspecified atom stereocenters. The summed E-state index contributed by atoms with van der Waals surface area (Å²) in [7, 11) is 0. The highest BCUT2D eigenvalue weighted by atomic mass is 16.3. The van der Waals surface area contributed by atoms with E-state index >= 15 is 0 Å². The van der Waals surface area contributed by atoms with Gasteiger partial charge in [-0.2, -0.15) is 0 Å². The van der Waals surface area contributed by atoms with E-state index in [0.29, 0.717) is 42.9 Å². The fourth-order valence-electron chi connectivity index (χ4n) is 4.16. The molecule has 2 N–H and O–H groups in total. The third-order valence-electron chi connectivity index (χ3n) is 6.19. The van der Waals surface area contributed by atoms with Crippen LogP contribution in [0, 0.1) is 5.92 Å². The van der Waals surface area contributed by atoms with E-state index in [4.69, 9.17) is 4.42 Å². The second-order valence-corrected chi connectivity index (χ2v) is 8.53. The minimum atomic E-state index is -0.210. The van der Waals surface area contributed by atoms with Crippen molar-refractivity contribution < 1.29 is 18.8 Å². The Labute approximate surface area is 185 Å². The van der Waals surface area contributed by atoms with E-state index < -0.39 is 0 Å². The van der Waals surface area contributed by atoms with E-state index in [1.54, 1.807) is 17.0 Å². The number of benzene rings is 2. The Morgan fingerprint density at radius 1 is 0.906 bits per heavy atom. The van der Waals surface area contributed by atoms with Crippen LogP contribution in [0.2, 0.25) is 0 Å². The zero-order valence-corrected chi connectivity index (χ0v) is 17.7. The van der Waals surface area contributed by atoms with Crippen LogP contribution in [0.4, 0.5) is 5.69 Å². The molecule has 1 saturated heterocycles. The summed E-state index contributed by atoms with van der Waals surface area (Å²) in [4.78, 5) is 39.8. The van der Waals surface area contributed by atoms with E-state index in [9.17, 15) is 14.4 Å². The molecule has 2 aliphatic rings. The molecule has 0 spiro atoms. The number of carbonyl (C=O) groups is 3. The molecular formula is C25H25N3O4. The molecule has 164 valence electrons. The lowest BCUT2D eigenvalue weighted by Crippen LogP contribution is -2.46. The van der Waals surface area contributed by atoms with Crippen molar-refractivity contribution in [3.63, 3.8) is 0 Å². The first-order valence-corrected chi connectivity index (χ1v) is 11.1. The first-order valence-electron chi connectivity index (χ1n) is 11.1. The molecule has 1 aromatic heterocycles. The molecule has 3 aromatic rings. The van der Waals surface area contributed by atoms with Gasteiger partial charge in [-0.05, 0) is 60.7 Å². The number of furan rings is 1. The van der Waals surface area contributed by atoms with Crippen LogP contribution >= 0.6 is 0 Å². The number of carbonyl (C=O) groups excluding carboxylic acids is 3. The molecule has 1 aliphatic carbocycles. The standard InChI is InChI=1S/C25H25N3O4/c29-23(16-7-8-16)27-21-15-18-5-2-1-4-17(18)14-20(21)24(30)26-19-9-11-28(12-10-19)25(31)22-6-3-13-32-22/h1-6,13-16,19H,7-12H2,(H,26,30)(H,27,29). The van der Waals surface area contributed by atoms with Gasteiger partial charge in [-0.25, -0.2) is 0 Å². The van der Waals surface area contributed by atoms with Crippen molar-refractivity contribution in [2.75, 3.05) is 18.4 Å². The SMILES string of the molecule is O=C(NC1CCN(C(=O)c2ccco2)CC1)c1cc2ccccc2cc1NC(=O)C1CC1. The fourth-order valence-corrected chi connectivity index (χ4v) is 4.16. The predicted octanol–water partition coefficient (Wildman–Crippen LogP) is 3.82. The van der Waals surface area contributed by atoms with Gasteiger partial charge in [0.15, 0.2) is 5.76 Å². The van der Waals surface area contributed by atoms with Crippen molar-refractivity contribution in [3.05, 3.63) is 66.1 Å². The summed E-state index contributed by atoms with van der Waals surface area (Å²) in [6.07, 6.45) is 4.61. The molecular weight excluding hydrogens is 406 g/mol. The lowest BCUT2D eigenvalue weighted by Gasteiger charge is -2.32. The summed E-state index contributed by atoms with van der Waals surface area (Å²) in [5, 5.41) is 7.98. The van der Waals surface area contributed by atoms with Crippen molar-refractivity contribution in [1.82, 2.24) is 10.2 Å². The van der Waals surface area contributed by atoms with Gasteiger partial charge in [0, 0.05) is 25.0 Å². The Hall–Kier alpha value is -3.61. The number of nitrogens with one attached hydrogen (secondary N) is 2. The van der Waals surface area contributed by atoms with E-state index in [-0.39, 0.29) is 29.7 Å². The molecule has 7 nitrogen and oxygen atoms in total. The van der Waals surface area contributed by atoms with E-state index in [0.717, 1.165) is 23.6 Å². The number of piperidine rings is 1. The van der Waals surface area contributed by atoms with Gasteiger partial charge in [-0.15, -0.1) is 0 Å². The Morgan fingerprint density at radius 3 is 2.28 bits per heavy atom. The number of hydrogen-bond donors (Lipinski definition) is 2. The summed E-state index contributed by atoms with van der Waals surface area (Å²) < 4.78 is 5.20. The molecule has 2 heterocycles. The first kappa shape index (κ1) is 20.3. The lowest BCUT2D eigenvalue weighted by atomic mass is 10.0. The number of hydrogen-bond acceptors (Lipinski definition) is 4. The Morgan fingerprint density at radius 2 is 1.62 bits per heavy atom. The van der Waals surface area contributed by atoms with Gasteiger partial charge in [0.2, 0.25) is 5.91 Å². The molecule has 32 heavy (non-hydrogen) atoms. The summed E-state index contributed by atoms with van der Waals surface area (Å²) >= 11 is 0. The van der Waals surface area contributed by atoms with Gasteiger partial charge in [0.1, 0.15) is 0 Å². The number of anilines is 1. The van der Waals surface area contributed by atoms with Crippen LogP contribution in [0.5, 0.6) is 0 Å². The van der Waals surface area contributed by atoms with Crippen molar-refractivity contribution in [2.24, 2.45) is 5.92 Å². The van der Waals surface area contributed by atoms with E-state index in [1.165, 1.54) is 6.26 Å². The van der Waals surface area contributed by atoms with Crippen molar-refractivity contribution >= 4 is 34.2 Å². The average molecular weight is 431 g/mol. The minimum Gasteiger partial charge on any atom is -0.459 e. The predicted molar refractivity (Wildman–Crippen MR) is 120 cm³/mol. The Bertz CT molecular complexity index is 1160. The molecule has 7 heteroatoms. The second-order valence-electron chi connectivity index (χ2n) is 8.53. The topological polar surface area (TPSA) is 91.7 Å². The highest BCUT2D eigenvalue weighted by molar-refractivity contribution is 6.08. The molecule has 3 amide bonds. The third-order valence-corrected chi connectivity index (χ3v) is 6.19. The van der Waals surface area contributed by atoms with Crippen LogP contribution in [0.3, 0.4) is 0 Å². The van der Waals surface area contributed by atoms with Gasteiger partial charge in [0.25, 0.3) is 11.8 Å². The lowest BCUT2D eigenvalue weighted by molar-refractivity contribution is -0.117. The molecule has 0 radical (unpaired) electrons.